The molecule has 1 heterocycles. The van der Waals surface area contributed by atoms with E-state index in [4.69, 9.17) is 5.11 Å². The van der Waals surface area contributed by atoms with E-state index in [1.807, 2.05) is 4.90 Å². The molecule has 1 aliphatic carbocycles. The van der Waals surface area contributed by atoms with Gasteiger partial charge in [0.2, 0.25) is 5.91 Å². The van der Waals surface area contributed by atoms with Crippen molar-refractivity contribution in [3.63, 3.8) is 0 Å². The number of rotatable bonds is 5. The van der Waals surface area contributed by atoms with E-state index in [2.05, 4.69) is 0 Å². The van der Waals surface area contributed by atoms with Crippen LogP contribution < -0.4 is 0 Å². The van der Waals surface area contributed by atoms with Gasteiger partial charge in [-0.2, -0.15) is 0 Å². The summed E-state index contributed by atoms with van der Waals surface area (Å²) in [5.74, 6) is 0.729. The van der Waals surface area contributed by atoms with Crippen molar-refractivity contribution in [2.75, 3.05) is 13.1 Å². The maximum absolute atomic E-state index is 12.2. The van der Waals surface area contributed by atoms with Gasteiger partial charge in [-0.25, -0.2) is 0 Å². The van der Waals surface area contributed by atoms with Crippen molar-refractivity contribution in [1.82, 2.24) is 4.90 Å². The maximum Gasteiger partial charge on any atom is 0.303 e. The molecule has 1 amide bonds. The Morgan fingerprint density at radius 3 is 2.21 bits per heavy atom. The Morgan fingerprint density at radius 1 is 1.00 bits per heavy atom. The van der Waals surface area contributed by atoms with Crippen LogP contribution in [-0.2, 0) is 9.59 Å². The quantitative estimate of drug-likeness (QED) is 0.833. The van der Waals surface area contributed by atoms with Crippen molar-refractivity contribution in [3.05, 3.63) is 0 Å². The van der Waals surface area contributed by atoms with E-state index < -0.39 is 5.97 Å². The van der Waals surface area contributed by atoms with Crippen LogP contribution in [0.3, 0.4) is 0 Å². The molecule has 0 aromatic rings. The van der Waals surface area contributed by atoms with E-state index in [0.717, 1.165) is 38.8 Å². The molecule has 19 heavy (non-hydrogen) atoms. The summed E-state index contributed by atoms with van der Waals surface area (Å²) < 4.78 is 0. The van der Waals surface area contributed by atoms with Gasteiger partial charge in [0.15, 0.2) is 0 Å². The van der Waals surface area contributed by atoms with Crippen LogP contribution in [0.5, 0.6) is 0 Å². The molecule has 2 rings (SSSR count). The average Bonchev–Trinajstić information content (AvgIpc) is 2.89. The second-order valence-corrected chi connectivity index (χ2v) is 6.11. The topological polar surface area (TPSA) is 57.6 Å². The summed E-state index contributed by atoms with van der Waals surface area (Å²) in [7, 11) is 0. The molecule has 0 atom stereocenters. The third-order valence-electron chi connectivity index (χ3n) is 4.67. The van der Waals surface area contributed by atoms with Gasteiger partial charge >= 0.3 is 5.97 Å². The fourth-order valence-electron chi connectivity index (χ4n) is 3.39. The highest BCUT2D eigenvalue weighted by atomic mass is 16.4. The van der Waals surface area contributed by atoms with Crippen molar-refractivity contribution in [3.8, 4) is 0 Å². The van der Waals surface area contributed by atoms with Crippen LogP contribution >= 0.6 is 0 Å². The third-order valence-corrected chi connectivity index (χ3v) is 4.67. The first-order valence-corrected chi connectivity index (χ1v) is 7.64. The smallest absolute Gasteiger partial charge is 0.303 e. The third kappa shape index (κ3) is 4.51. The number of hydrogen-bond donors (Lipinski definition) is 1. The molecular formula is C15H25NO3. The monoisotopic (exact) mass is 267 g/mol. The maximum atomic E-state index is 12.2. The first-order valence-electron chi connectivity index (χ1n) is 7.64. The SMILES string of the molecule is O=C(O)CCC1CCN(C(=O)CC2CCCC2)CC1. The van der Waals surface area contributed by atoms with Crippen molar-refractivity contribution in [2.24, 2.45) is 11.8 Å². The number of carbonyl (C=O) groups excluding carboxylic acids is 1. The van der Waals surface area contributed by atoms with Gasteiger partial charge < -0.3 is 10.0 Å². The Labute approximate surface area is 115 Å². The number of amides is 1. The van der Waals surface area contributed by atoms with Gasteiger partial charge in [-0.1, -0.05) is 12.8 Å². The molecule has 108 valence electrons. The van der Waals surface area contributed by atoms with Crippen LogP contribution in [0.25, 0.3) is 0 Å². The molecule has 4 heteroatoms. The molecular weight excluding hydrogens is 242 g/mol. The lowest BCUT2D eigenvalue weighted by Gasteiger charge is -2.32. The number of carboxylic acids is 1. The number of nitrogens with zero attached hydrogens (tertiary/aromatic N) is 1. The Hall–Kier alpha value is -1.06. The molecule has 0 aromatic carbocycles. The lowest BCUT2D eigenvalue weighted by Crippen LogP contribution is -2.39. The van der Waals surface area contributed by atoms with E-state index in [-0.39, 0.29) is 6.42 Å². The van der Waals surface area contributed by atoms with Crippen LogP contribution in [0.2, 0.25) is 0 Å². The summed E-state index contributed by atoms with van der Waals surface area (Å²) in [6.45, 7) is 1.66. The number of hydrogen-bond acceptors (Lipinski definition) is 2. The van der Waals surface area contributed by atoms with Crippen LogP contribution in [0.15, 0.2) is 0 Å². The van der Waals surface area contributed by atoms with Crippen LogP contribution in [0, 0.1) is 11.8 Å². The molecule has 4 nitrogen and oxygen atoms in total. The van der Waals surface area contributed by atoms with E-state index in [0.29, 0.717) is 17.7 Å². The second-order valence-electron chi connectivity index (χ2n) is 6.11. The predicted molar refractivity (Wildman–Crippen MR) is 72.7 cm³/mol. The van der Waals surface area contributed by atoms with Gasteiger partial charge in [0, 0.05) is 25.9 Å². The van der Waals surface area contributed by atoms with E-state index in [9.17, 15) is 9.59 Å². The Morgan fingerprint density at radius 2 is 1.63 bits per heavy atom. The summed E-state index contributed by atoms with van der Waals surface area (Å²) in [4.78, 5) is 24.7. The van der Waals surface area contributed by atoms with Crippen molar-refractivity contribution in [1.29, 1.82) is 0 Å². The zero-order valence-corrected chi connectivity index (χ0v) is 11.6. The molecule has 1 aliphatic heterocycles. The minimum Gasteiger partial charge on any atom is -0.481 e. The van der Waals surface area contributed by atoms with Crippen LogP contribution in [0.1, 0.15) is 57.8 Å². The van der Waals surface area contributed by atoms with Crippen LogP contribution in [0.4, 0.5) is 0 Å². The number of carboxylic acid groups (broad SMARTS) is 1. The first kappa shape index (κ1) is 14.4. The fraction of sp³-hybridized carbons (Fsp3) is 0.867. The minimum absolute atomic E-state index is 0.265. The number of carbonyl (C=O) groups is 2. The normalized spacial score (nSPS) is 21.8. The second kappa shape index (κ2) is 6.92. The van der Waals surface area contributed by atoms with Gasteiger partial charge in [-0.05, 0) is 43.9 Å². The Balaban J connectivity index is 1.67. The van der Waals surface area contributed by atoms with Crippen LogP contribution in [-0.4, -0.2) is 35.0 Å². The Kier molecular flexibility index (Phi) is 5.23. The van der Waals surface area contributed by atoms with Crippen molar-refractivity contribution >= 4 is 11.9 Å². The van der Waals surface area contributed by atoms with E-state index in [1.54, 1.807) is 0 Å². The van der Waals surface area contributed by atoms with E-state index in [1.165, 1.54) is 25.7 Å². The molecule has 1 N–H and O–H groups in total. The summed E-state index contributed by atoms with van der Waals surface area (Å²) in [5.41, 5.74) is 0. The highest BCUT2D eigenvalue weighted by molar-refractivity contribution is 5.76. The zero-order valence-electron chi connectivity index (χ0n) is 11.6. The molecule has 0 bridgehead atoms. The first-order chi connectivity index (χ1) is 9.15. The molecule has 2 aliphatic rings. The summed E-state index contributed by atoms with van der Waals surface area (Å²) in [5, 5.41) is 8.68. The largest absolute Gasteiger partial charge is 0.481 e. The summed E-state index contributed by atoms with van der Waals surface area (Å²) >= 11 is 0. The van der Waals surface area contributed by atoms with Crippen molar-refractivity contribution < 1.29 is 14.7 Å². The van der Waals surface area contributed by atoms with Gasteiger partial charge in [-0.3, -0.25) is 9.59 Å². The number of aliphatic carboxylic acids is 1. The molecule has 0 unspecified atom stereocenters. The molecule has 1 saturated carbocycles. The van der Waals surface area contributed by atoms with Gasteiger partial charge in [0.1, 0.15) is 0 Å². The summed E-state index contributed by atoms with van der Waals surface area (Å²) in [6, 6.07) is 0. The average molecular weight is 267 g/mol. The van der Waals surface area contributed by atoms with Gasteiger partial charge in [0.25, 0.3) is 0 Å². The molecule has 0 radical (unpaired) electrons. The van der Waals surface area contributed by atoms with E-state index >= 15 is 0 Å². The highest BCUT2D eigenvalue weighted by Crippen LogP contribution is 2.29. The minimum atomic E-state index is -0.709. The molecule has 0 aromatic heterocycles. The Bertz CT molecular complexity index is 315. The van der Waals surface area contributed by atoms with Crippen molar-refractivity contribution in [2.45, 2.75) is 57.8 Å². The van der Waals surface area contributed by atoms with Gasteiger partial charge in [0.05, 0.1) is 0 Å². The standard InChI is InChI=1S/C15H25NO3/c17-14(11-13-3-1-2-4-13)16-9-7-12(8-10-16)5-6-15(18)19/h12-13H,1-11H2,(H,18,19). The predicted octanol–water partition coefficient (Wildman–Crippen LogP) is 2.67. The molecule has 1 saturated heterocycles. The number of piperidine rings is 1. The lowest BCUT2D eigenvalue weighted by molar-refractivity contribution is -0.138. The summed E-state index contributed by atoms with van der Waals surface area (Å²) in [6.07, 6.45) is 8.74. The lowest BCUT2D eigenvalue weighted by atomic mass is 9.91. The number of likely N-dealkylation sites (tertiary alicyclic amines) is 1. The highest BCUT2D eigenvalue weighted by Gasteiger charge is 2.26. The fourth-order valence-corrected chi connectivity index (χ4v) is 3.39. The zero-order chi connectivity index (χ0) is 13.7. The van der Waals surface area contributed by atoms with Gasteiger partial charge in [-0.15, -0.1) is 0 Å². The molecule has 0 spiro atoms. The molecule has 2 fully saturated rings.